The number of halogens is 3. The fraction of sp³-hybridized carbons (Fsp3) is 0.176. The van der Waals surface area contributed by atoms with E-state index in [2.05, 4.69) is 15.5 Å². The molecule has 2 N–H and O–H groups in total. The highest BCUT2D eigenvalue weighted by Gasteiger charge is 2.27. The van der Waals surface area contributed by atoms with Crippen LogP contribution < -0.4 is 10.6 Å². The Morgan fingerprint density at radius 3 is 2.78 bits per heavy atom. The quantitative estimate of drug-likeness (QED) is 0.660. The highest BCUT2D eigenvalue weighted by Crippen LogP contribution is 2.24. The molecule has 2 amide bonds. The first kappa shape index (κ1) is 18.4. The van der Waals surface area contributed by atoms with E-state index in [1.54, 1.807) is 58.5 Å². The Bertz CT molecular complexity index is 984. The Hall–Kier alpha value is -3.43. The number of amides is 2. The largest absolute Gasteiger partial charge is 0.405 e. The van der Waals surface area contributed by atoms with Gasteiger partial charge < -0.3 is 10.6 Å². The van der Waals surface area contributed by atoms with Gasteiger partial charge in [0.2, 0.25) is 0 Å². The number of pyridine rings is 1. The zero-order valence-corrected chi connectivity index (χ0v) is 13.8. The van der Waals surface area contributed by atoms with Crippen molar-refractivity contribution < 1.29 is 18.0 Å². The second-order valence-electron chi connectivity index (χ2n) is 5.70. The normalized spacial score (nSPS) is 11.4. The Morgan fingerprint density at radius 2 is 2.04 bits per heavy atom. The van der Waals surface area contributed by atoms with Gasteiger partial charge in [0, 0.05) is 17.4 Å². The smallest absolute Gasteiger partial charge is 0.329 e. The van der Waals surface area contributed by atoms with Crippen LogP contribution >= 0.6 is 0 Å². The molecule has 0 spiro atoms. The molecule has 10 heteroatoms. The number of urea groups is 1. The first-order valence-corrected chi connectivity index (χ1v) is 7.83. The second-order valence-corrected chi connectivity index (χ2v) is 5.70. The van der Waals surface area contributed by atoms with Crippen LogP contribution in [-0.4, -0.2) is 28.1 Å². The third-order valence-electron chi connectivity index (χ3n) is 3.69. The standard InChI is InChI=1S/C17H14F3N5O2/c18-17(19,20)10-22-16(26)24-13-3-1-2-12(7-13)14-9-21-15-6-11(8-23-27)4-5-25(14)15/h1-7,9H,8,10H2,(H2,22,24,26). The van der Waals surface area contributed by atoms with Gasteiger partial charge >= 0.3 is 12.2 Å². The van der Waals surface area contributed by atoms with E-state index in [1.165, 1.54) is 0 Å². The molecule has 0 saturated heterocycles. The molecule has 2 heterocycles. The van der Waals surface area contributed by atoms with Gasteiger partial charge in [-0.05, 0) is 29.8 Å². The molecule has 2 aromatic heterocycles. The number of nitrogens with one attached hydrogen (secondary N) is 2. The molecule has 3 aromatic rings. The lowest BCUT2D eigenvalue weighted by Crippen LogP contribution is -2.36. The minimum Gasteiger partial charge on any atom is -0.329 e. The van der Waals surface area contributed by atoms with Crippen LogP contribution in [0.25, 0.3) is 16.9 Å². The van der Waals surface area contributed by atoms with Gasteiger partial charge in [-0.3, -0.25) is 4.40 Å². The Kier molecular flexibility index (Phi) is 5.06. The van der Waals surface area contributed by atoms with Crippen LogP contribution in [0.1, 0.15) is 5.56 Å². The molecule has 7 nitrogen and oxygen atoms in total. The SMILES string of the molecule is O=NCc1ccn2c(-c3cccc(NC(=O)NCC(F)(F)F)c3)cnc2c1. The van der Waals surface area contributed by atoms with Gasteiger partial charge in [-0.2, -0.15) is 18.1 Å². The minimum absolute atomic E-state index is 0.0468. The van der Waals surface area contributed by atoms with Crippen molar-refractivity contribution in [2.45, 2.75) is 12.7 Å². The van der Waals surface area contributed by atoms with Crippen LogP contribution in [0.2, 0.25) is 0 Å². The number of rotatable bonds is 5. The summed E-state index contributed by atoms with van der Waals surface area (Å²) < 4.78 is 38.3. The summed E-state index contributed by atoms with van der Waals surface area (Å²) in [5.41, 5.74) is 3.11. The number of anilines is 1. The number of hydrogen-bond donors (Lipinski definition) is 2. The number of imidazole rings is 1. The average molecular weight is 377 g/mol. The summed E-state index contributed by atoms with van der Waals surface area (Å²) in [5, 5.41) is 6.95. The molecule has 0 fully saturated rings. The molecular formula is C17H14F3N5O2. The number of benzene rings is 1. The van der Waals surface area contributed by atoms with Crippen LogP contribution in [0, 0.1) is 4.91 Å². The van der Waals surface area contributed by atoms with Crippen LogP contribution in [0.4, 0.5) is 23.7 Å². The fourth-order valence-corrected chi connectivity index (χ4v) is 2.52. The monoisotopic (exact) mass is 377 g/mol. The number of nitrogens with zero attached hydrogens (tertiary/aromatic N) is 3. The number of aromatic nitrogens is 2. The van der Waals surface area contributed by atoms with Gasteiger partial charge in [-0.15, -0.1) is 0 Å². The summed E-state index contributed by atoms with van der Waals surface area (Å²) in [7, 11) is 0. The van der Waals surface area contributed by atoms with E-state index in [-0.39, 0.29) is 6.54 Å². The van der Waals surface area contributed by atoms with Crippen LogP contribution in [0.3, 0.4) is 0 Å². The molecule has 0 unspecified atom stereocenters. The van der Waals surface area contributed by atoms with Crippen molar-refractivity contribution in [2.24, 2.45) is 5.18 Å². The molecule has 140 valence electrons. The maximum Gasteiger partial charge on any atom is 0.405 e. The molecule has 0 bridgehead atoms. The summed E-state index contributed by atoms with van der Waals surface area (Å²) in [4.78, 5) is 26.3. The summed E-state index contributed by atoms with van der Waals surface area (Å²) >= 11 is 0. The number of fused-ring (bicyclic) bond motifs is 1. The van der Waals surface area contributed by atoms with Crippen molar-refractivity contribution >= 4 is 17.4 Å². The fourth-order valence-electron chi connectivity index (χ4n) is 2.52. The summed E-state index contributed by atoms with van der Waals surface area (Å²) in [6, 6.07) is 9.16. The molecule has 0 aliphatic carbocycles. The van der Waals surface area contributed by atoms with Gasteiger partial charge in [0.1, 0.15) is 18.7 Å². The molecular weight excluding hydrogens is 363 g/mol. The van der Waals surface area contributed by atoms with Crippen LogP contribution in [0.5, 0.6) is 0 Å². The van der Waals surface area contributed by atoms with Crippen molar-refractivity contribution in [1.29, 1.82) is 0 Å². The van der Waals surface area contributed by atoms with Crippen LogP contribution in [-0.2, 0) is 6.54 Å². The highest BCUT2D eigenvalue weighted by atomic mass is 19.4. The average Bonchev–Trinajstić information content (AvgIpc) is 3.03. The predicted octanol–water partition coefficient (Wildman–Crippen LogP) is 3.95. The molecule has 0 aliphatic heterocycles. The van der Waals surface area contributed by atoms with Crippen LogP contribution in [0.15, 0.2) is 54.0 Å². The van der Waals surface area contributed by atoms with E-state index in [4.69, 9.17) is 0 Å². The molecule has 0 atom stereocenters. The van der Waals surface area contributed by atoms with Crippen molar-refractivity contribution in [3.8, 4) is 11.3 Å². The van der Waals surface area contributed by atoms with Gasteiger partial charge in [-0.1, -0.05) is 17.3 Å². The highest BCUT2D eigenvalue weighted by molar-refractivity contribution is 5.90. The molecule has 0 saturated carbocycles. The van der Waals surface area contributed by atoms with Gasteiger partial charge in [-0.25, -0.2) is 9.78 Å². The van der Waals surface area contributed by atoms with E-state index >= 15 is 0 Å². The number of alkyl halides is 3. The molecule has 3 rings (SSSR count). The topological polar surface area (TPSA) is 87.9 Å². The van der Waals surface area contributed by atoms with Gasteiger partial charge in [0.25, 0.3) is 0 Å². The Labute approximate surface area is 151 Å². The van der Waals surface area contributed by atoms with Crippen molar-refractivity contribution in [2.75, 3.05) is 11.9 Å². The van der Waals surface area contributed by atoms with Gasteiger partial charge in [0.15, 0.2) is 0 Å². The minimum atomic E-state index is -4.48. The van der Waals surface area contributed by atoms with Crippen molar-refractivity contribution in [3.63, 3.8) is 0 Å². The predicted molar refractivity (Wildman–Crippen MR) is 93.2 cm³/mol. The number of hydrogen-bond acceptors (Lipinski definition) is 4. The van der Waals surface area contributed by atoms with Gasteiger partial charge in [0.05, 0.1) is 11.9 Å². The maximum atomic E-state index is 12.2. The second kappa shape index (κ2) is 7.44. The van der Waals surface area contributed by atoms with E-state index in [0.29, 0.717) is 16.9 Å². The Morgan fingerprint density at radius 1 is 1.22 bits per heavy atom. The molecule has 27 heavy (non-hydrogen) atoms. The molecule has 0 radical (unpaired) electrons. The lowest BCUT2D eigenvalue weighted by Gasteiger charge is -2.10. The zero-order valence-electron chi connectivity index (χ0n) is 13.8. The lowest BCUT2D eigenvalue weighted by atomic mass is 10.1. The van der Waals surface area contributed by atoms with E-state index in [0.717, 1.165) is 11.3 Å². The molecule has 1 aromatic carbocycles. The third kappa shape index (κ3) is 4.60. The number of carbonyl (C=O) groups excluding carboxylic acids is 1. The first-order chi connectivity index (χ1) is 12.9. The van der Waals surface area contributed by atoms with E-state index in [1.807, 2.05) is 0 Å². The first-order valence-electron chi connectivity index (χ1n) is 7.83. The number of nitroso groups, excluding NO2 is 1. The Balaban J connectivity index is 1.80. The third-order valence-corrected chi connectivity index (χ3v) is 3.69. The summed E-state index contributed by atoms with van der Waals surface area (Å²) in [5.74, 6) is 0. The molecule has 0 aliphatic rings. The number of carbonyl (C=O) groups is 1. The van der Waals surface area contributed by atoms with Crippen molar-refractivity contribution in [3.05, 3.63) is 59.3 Å². The zero-order chi connectivity index (χ0) is 19.4. The maximum absolute atomic E-state index is 12.2. The lowest BCUT2D eigenvalue weighted by molar-refractivity contribution is -0.122. The summed E-state index contributed by atoms with van der Waals surface area (Å²) in [6.07, 6.45) is -1.11. The summed E-state index contributed by atoms with van der Waals surface area (Å²) in [6.45, 7) is -1.37. The van der Waals surface area contributed by atoms with E-state index in [9.17, 15) is 22.9 Å². The van der Waals surface area contributed by atoms with E-state index < -0.39 is 18.8 Å². The van der Waals surface area contributed by atoms with Crippen molar-refractivity contribution in [1.82, 2.24) is 14.7 Å².